The summed E-state index contributed by atoms with van der Waals surface area (Å²) in [5, 5.41) is 8.73. The number of aliphatic carboxylic acids is 1. The minimum Gasteiger partial charge on any atom is -0.481 e. The van der Waals surface area contributed by atoms with Crippen LogP contribution in [0.3, 0.4) is 0 Å². The predicted octanol–water partition coefficient (Wildman–Crippen LogP) is 3.43. The molecule has 0 spiro atoms. The van der Waals surface area contributed by atoms with Gasteiger partial charge in [-0.05, 0) is 22.8 Å². The molecule has 0 amide bonds. The fraction of sp³-hybridized carbons (Fsp3) is 0.133. The highest BCUT2D eigenvalue weighted by atomic mass is 19.3. The molecule has 0 saturated carbocycles. The zero-order valence-electron chi connectivity index (χ0n) is 9.86. The molecule has 2 nitrogen and oxygen atoms in total. The minimum absolute atomic E-state index is 0.0162. The van der Waals surface area contributed by atoms with Crippen molar-refractivity contribution in [1.29, 1.82) is 0 Å². The third kappa shape index (κ3) is 1.71. The Morgan fingerprint density at radius 2 is 1.74 bits per heavy atom. The van der Waals surface area contributed by atoms with Crippen LogP contribution in [0.2, 0.25) is 0 Å². The molecule has 0 radical (unpaired) electrons. The van der Waals surface area contributed by atoms with Crippen LogP contribution >= 0.6 is 0 Å². The van der Waals surface area contributed by atoms with Crippen molar-refractivity contribution in [2.75, 3.05) is 0 Å². The van der Waals surface area contributed by atoms with E-state index >= 15 is 0 Å². The summed E-state index contributed by atoms with van der Waals surface area (Å²) in [6.07, 6.45) is -0.250. The highest BCUT2D eigenvalue weighted by Gasteiger charge is 2.44. The Morgan fingerprint density at radius 3 is 2.47 bits per heavy atom. The van der Waals surface area contributed by atoms with Crippen LogP contribution in [0.15, 0.2) is 42.5 Å². The van der Waals surface area contributed by atoms with Gasteiger partial charge in [-0.15, -0.1) is 0 Å². The van der Waals surface area contributed by atoms with Crippen molar-refractivity contribution in [3.05, 3.63) is 59.2 Å². The first-order valence-electron chi connectivity index (χ1n) is 5.83. The summed E-state index contributed by atoms with van der Waals surface area (Å²) >= 11 is 0. The van der Waals surface area contributed by atoms with Crippen LogP contribution in [0.4, 0.5) is 8.78 Å². The van der Waals surface area contributed by atoms with E-state index in [4.69, 9.17) is 5.11 Å². The Hall–Kier alpha value is -2.23. The Morgan fingerprint density at radius 1 is 1.05 bits per heavy atom. The maximum Gasteiger partial charge on any atom is 0.307 e. The molecule has 1 aliphatic carbocycles. The Balaban J connectivity index is 2.18. The molecule has 0 unspecified atom stereocenters. The topological polar surface area (TPSA) is 37.3 Å². The zero-order chi connectivity index (χ0) is 13.6. The quantitative estimate of drug-likeness (QED) is 0.898. The van der Waals surface area contributed by atoms with Gasteiger partial charge in [0.05, 0.1) is 6.42 Å². The fourth-order valence-corrected chi connectivity index (χ4v) is 2.51. The van der Waals surface area contributed by atoms with Crippen molar-refractivity contribution in [2.24, 2.45) is 0 Å². The highest BCUT2D eigenvalue weighted by molar-refractivity contribution is 5.80. The van der Waals surface area contributed by atoms with E-state index in [1.54, 1.807) is 30.3 Å². The number of carboxylic acids is 1. The number of hydrogen-bond acceptors (Lipinski definition) is 1. The van der Waals surface area contributed by atoms with Gasteiger partial charge in [0.15, 0.2) is 0 Å². The molecule has 0 bridgehead atoms. The van der Waals surface area contributed by atoms with Gasteiger partial charge in [-0.3, -0.25) is 4.79 Å². The summed E-state index contributed by atoms with van der Waals surface area (Å²) in [7, 11) is 0. The molecule has 0 fully saturated rings. The number of carboxylic acid groups (broad SMARTS) is 1. The highest BCUT2D eigenvalue weighted by Crippen LogP contribution is 2.50. The number of alkyl halides is 2. The van der Waals surface area contributed by atoms with Gasteiger partial charge >= 0.3 is 5.97 Å². The molecular formula is C15H10F2O2. The first kappa shape index (κ1) is 11.8. The van der Waals surface area contributed by atoms with Crippen LogP contribution in [0.5, 0.6) is 0 Å². The monoisotopic (exact) mass is 260 g/mol. The summed E-state index contributed by atoms with van der Waals surface area (Å²) in [4.78, 5) is 10.7. The third-order valence-corrected chi connectivity index (χ3v) is 3.33. The Kier molecular flexibility index (Phi) is 2.42. The van der Waals surface area contributed by atoms with Crippen LogP contribution < -0.4 is 0 Å². The summed E-state index contributed by atoms with van der Waals surface area (Å²) < 4.78 is 28.6. The number of rotatable bonds is 2. The molecule has 0 atom stereocenters. The average Bonchev–Trinajstić information content (AvgIpc) is 2.59. The lowest BCUT2D eigenvalue weighted by molar-refractivity contribution is -0.136. The van der Waals surface area contributed by atoms with E-state index in [1.807, 2.05) is 0 Å². The predicted molar refractivity (Wildman–Crippen MR) is 66.2 cm³/mol. The lowest BCUT2D eigenvalue weighted by Crippen LogP contribution is -2.11. The SMILES string of the molecule is O=C(O)Cc1ccc2c(c1)C(F)(F)c1ccccc1-2. The lowest BCUT2D eigenvalue weighted by Gasteiger charge is -2.12. The number of hydrogen-bond donors (Lipinski definition) is 1. The largest absolute Gasteiger partial charge is 0.481 e. The molecular weight excluding hydrogens is 250 g/mol. The molecule has 2 aromatic carbocycles. The van der Waals surface area contributed by atoms with E-state index in [0.29, 0.717) is 16.7 Å². The van der Waals surface area contributed by atoms with Gasteiger partial charge in [-0.25, -0.2) is 0 Å². The molecule has 0 aliphatic heterocycles. The van der Waals surface area contributed by atoms with Crippen molar-refractivity contribution in [3.63, 3.8) is 0 Å². The molecule has 3 rings (SSSR count). The summed E-state index contributed by atoms with van der Waals surface area (Å²) in [6.45, 7) is 0. The summed E-state index contributed by atoms with van der Waals surface area (Å²) in [6, 6.07) is 10.8. The second kappa shape index (κ2) is 3.88. The number of halogens is 2. The molecule has 19 heavy (non-hydrogen) atoms. The van der Waals surface area contributed by atoms with Gasteiger partial charge in [0, 0.05) is 11.1 Å². The van der Waals surface area contributed by atoms with Crippen LogP contribution in [-0.2, 0) is 17.1 Å². The van der Waals surface area contributed by atoms with Crippen LogP contribution in [-0.4, -0.2) is 11.1 Å². The minimum atomic E-state index is -3.06. The molecule has 1 N–H and O–H groups in total. The smallest absolute Gasteiger partial charge is 0.307 e. The van der Waals surface area contributed by atoms with Gasteiger partial charge in [0.2, 0.25) is 0 Å². The van der Waals surface area contributed by atoms with E-state index in [-0.39, 0.29) is 17.5 Å². The van der Waals surface area contributed by atoms with Crippen LogP contribution in [0.25, 0.3) is 11.1 Å². The number of carbonyl (C=O) groups is 1. The van der Waals surface area contributed by atoms with Gasteiger partial charge < -0.3 is 5.11 Å². The molecule has 4 heteroatoms. The molecule has 1 aliphatic rings. The van der Waals surface area contributed by atoms with Crippen LogP contribution in [0, 0.1) is 0 Å². The fourth-order valence-electron chi connectivity index (χ4n) is 2.51. The van der Waals surface area contributed by atoms with Gasteiger partial charge in [0.1, 0.15) is 0 Å². The Labute approximate surface area is 108 Å². The normalized spacial score (nSPS) is 14.8. The number of fused-ring (bicyclic) bond motifs is 3. The standard InChI is InChI=1S/C15H10F2O2/c16-15(17)12-4-2-1-3-10(12)11-6-5-9(7-13(11)15)8-14(18)19/h1-7H,8H2,(H,18,19). The second-order valence-electron chi connectivity index (χ2n) is 4.57. The molecule has 2 aromatic rings. The summed E-state index contributed by atoms with van der Waals surface area (Å²) in [5.74, 6) is -4.08. The van der Waals surface area contributed by atoms with Gasteiger partial charge in [-0.2, -0.15) is 8.78 Å². The maximum atomic E-state index is 14.3. The van der Waals surface area contributed by atoms with Gasteiger partial charge in [0.25, 0.3) is 5.92 Å². The van der Waals surface area contributed by atoms with Crippen molar-refractivity contribution < 1.29 is 18.7 Å². The van der Waals surface area contributed by atoms with E-state index in [2.05, 4.69) is 0 Å². The van der Waals surface area contributed by atoms with E-state index in [9.17, 15) is 13.6 Å². The molecule has 0 aromatic heterocycles. The molecule has 96 valence electrons. The van der Waals surface area contributed by atoms with Crippen molar-refractivity contribution in [1.82, 2.24) is 0 Å². The zero-order valence-corrected chi connectivity index (χ0v) is 9.86. The maximum absolute atomic E-state index is 14.3. The van der Waals surface area contributed by atoms with E-state index < -0.39 is 11.9 Å². The number of benzene rings is 2. The van der Waals surface area contributed by atoms with Crippen molar-refractivity contribution in [2.45, 2.75) is 12.3 Å². The Bertz CT molecular complexity index is 678. The van der Waals surface area contributed by atoms with Crippen molar-refractivity contribution in [3.8, 4) is 11.1 Å². The summed E-state index contributed by atoms with van der Waals surface area (Å²) in [5.41, 5.74) is 1.27. The van der Waals surface area contributed by atoms with Gasteiger partial charge in [-0.1, -0.05) is 36.4 Å². The lowest BCUT2D eigenvalue weighted by atomic mass is 10.0. The van der Waals surface area contributed by atoms with Crippen molar-refractivity contribution >= 4 is 5.97 Å². The molecule has 0 heterocycles. The third-order valence-electron chi connectivity index (χ3n) is 3.33. The molecule has 0 saturated heterocycles. The van der Waals surface area contributed by atoms with E-state index in [1.165, 1.54) is 12.1 Å². The first-order chi connectivity index (χ1) is 9.00. The average molecular weight is 260 g/mol. The first-order valence-corrected chi connectivity index (χ1v) is 5.83. The van der Waals surface area contributed by atoms with E-state index in [0.717, 1.165) is 0 Å². The van der Waals surface area contributed by atoms with Crippen LogP contribution in [0.1, 0.15) is 16.7 Å². The second-order valence-corrected chi connectivity index (χ2v) is 4.57.